The number of benzene rings is 1. The molecule has 9 nitrogen and oxygen atoms in total. The Bertz CT molecular complexity index is 1480. The number of carbonyl (C=O) groups excluding carboxylic acids is 2. The number of aromatic amines is 1. The Morgan fingerprint density at radius 1 is 1.03 bits per heavy atom. The van der Waals surface area contributed by atoms with E-state index in [9.17, 15) is 27.2 Å². The second-order valence-corrected chi connectivity index (χ2v) is 8.56. The minimum Gasteiger partial charge on any atom is -0.354 e. The molecule has 4 aromatic rings. The number of nitrogens with zero attached hydrogens (tertiary/aromatic N) is 3. The first kappa shape index (κ1) is 24.2. The highest BCUT2D eigenvalue weighted by Gasteiger charge is 2.51. The molecule has 1 fully saturated rings. The minimum atomic E-state index is -4.74. The van der Waals surface area contributed by atoms with Crippen LogP contribution in [0, 0.1) is 5.82 Å². The van der Waals surface area contributed by atoms with Gasteiger partial charge in [0.25, 0.3) is 5.91 Å². The quantitative estimate of drug-likeness (QED) is 0.279. The molecule has 1 aliphatic rings. The fourth-order valence-electron chi connectivity index (χ4n) is 3.73. The summed E-state index contributed by atoms with van der Waals surface area (Å²) in [6, 6.07) is 6.93. The van der Waals surface area contributed by atoms with Crippen LogP contribution in [0.1, 0.15) is 34.5 Å². The van der Waals surface area contributed by atoms with Gasteiger partial charge in [-0.1, -0.05) is 0 Å². The maximum Gasteiger partial charge on any atom is 0.418 e. The monoisotopic (exact) mass is 513 g/mol. The van der Waals surface area contributed by atoms with Gasteiger partial charge < -0.3 is 20.9 Å². The number of nitrogens with one attached hydrogen (secondary N) is 4. The van der Waals surface area contributed by atoms with Gasteiger partial charge in [0.2, 0.25) is 5.91 Å². The van der Waals surface area contributed by atoms with Gasteiger partial charge in [0, 0.05) is 6.20 Å². The Kier molecular flexibility index (Phi) is 5.97. The largest absolute Gasteiger partial charge is 0.418 e. The lowest BCUT2D eigenvalue weighted by Crippen LogP contribution is -2.48. The summed E-state index contributed by atoms with van der Waals surface area (Å²) in [5.41, 5.74) is -0.438. The molecule has 3 heterocycles. The molecular formula is C24H19F4N7O2. The van der Waals surface area contributed by atoms with Crippen LogP contribution < -0.4 is 16.0 Å². The number of carbonyl (C=O) groups is 2. The molecule has 1 aliphatic carbocycles. The maximum atomic E-state index is 13.3. The molecule has 1 aromatic carbocycles. The van der Waals surface area contributed by atoms with E-state index in [-0.39, 0.29) is 29.4 Å². The van der Waals surface area contributed by atoms with Crippen LogP contribution in [0.3, 0.4) is 0 Å². The highest BCUT2D eigenvalue weighted by molar-refractivity contribution is 6.01. The third-order valence-electron chi connectivity index (χ3n) is 5.89. The van der Waals surface area contributed by atoms with Gasteiger partial charge in [-0.15, -0.1) is 0 Å². The molecule has 2 amide bonds. The van der Waals surface area contributed by atoms with E-state index in [0.29, 0.717) is 35.8 Å². The smallest absolute Gasteiger partial charge is 0.354 e. The summed E-state index contributed by atoms with van der Waals surface area (Å²) in [5, 5.41) is 8.07. The third-order valence-corrected chi connectivity index (χ3v) is 5.89. The van der Waals surface area contributed by atoms with Crippen molar-refractivity contribution >= 4 is 34.4 Å². The molecule has 37 heavy (non-hydrogen) atoms. The molecule has 5 rings (SSSR count). The number of rotatable bonds is 7. The number of hydrogen-bond donors (Lipinski definition) is 4. The lowest BCUT2D eigenvalue weighted by molar-refractivity contribution is -0.137. The van der Waals surface area contributed by atoms with Crippen molar-refractivity contribution in [2.45, 2.75) is 31.1 Å². The average Bonchev–Trinajstić information content (AvgIpc) is 3.49. The number of halogens is 4. The van der Waals surface area contributed by atoms with Crippen molar-refractivity contribution in [3.05, 3.63) is 77.8 Å². The van der Waals surface area contributed by atoms with Gasteiger partial charge in [-0.2, -0.15) is 13.2 Å². The molecule has 3 aromatic heterocycles. The SMILES string of the molecule is O=C(NC1(C(=O)NCc2ccc(Nc3ccc(F)cc3C(F)(F)F)cn2)CC1)c1cnc2[nH]cnc2c1. The lowest BCUT2D eigenvalue weighted by Gasteiger charge is -2.17. The molecule has 0 saturated heterocycles. The molecule has 0 bridgehead atoms. The molecule has 4 N–H and O–H groups in total. The Balaban J connectivity index is 1.18. The molecule has 0 radical (unpaired) electrons. The summed E-state index contributed by atoms with van der Waals surface area (Å²) in [6.07, 6.45) is 0.369. The summed E-state index contributed by atoms with van der Waals surface area (Å²) < 4.78 is 52.9. The summed E-state index contributed by atoms with van der Waals surface area (Å²) in [4.78, 5) is 40.6. The number of fused-ring (bicyclic) bond motifs is 1. The zero-order valence-corrected chi connectivity index (χ0v) is 19.0. The fraction of sp³-hybridized carbons (Fsp3) is 0.208. The highest BCUT2D eigenvalue weighted by Crippen LogP contribution is 2.37. The summed E-state index contributed by atoms with van der Waals surface area (Å²) in [7, 11) is 0. The van der Waals surface area contributed by atoms with E-state index >= 15 is 0 Å². The number of alkyl halides is 3. The third kappa shape index (κ3) is 5.20. The van der Waals surface area contributed by atoms with Crippen molar-refractivity contribution in [2.75, 3.05) is 5.32 Å². The van der Waals surface area contributed by atoms with Crippen molar-refractivity contribution in [3.8, 4) is 0 Å². The van der Waals surface area contributed by atoms with Crippen molar-refractivity contribution in [2.24, 2.45) is 0 Å². The van der Waals surface area contributed by atoms with E-state index in [1.54, 1.807) is 6.07 Å². The van der Waals surface area contributed by atoms with Crippen LogP contribution in [0.25, 0.3) is 11.2 Å². The Labute approximate surface area is 206 Å². The number of hydrogen-bond acceptors (Lipinski definition) is 6. The normalized spacial score (nSPS) is 14.3. The van der Waals surface area contributed by atoms with Crippen LogP contribution in [0.4, 0.5) is 28.9 Å². The van der Waals surface area contributed by atoms with E-state index in [0.717, 1.165) is 12.1 Å². The average molecular weight is 513 g/mol. The van der Waals surface area contributed by atoms with Crippen LogP contribution in [0.15, 0.2) is 55.1 Å². The van der Waals surface area contributed by atoms with Crippen LogP contribution in [-0.4, -0.2) is 37.3 Å². The number of pyridine rings is 2. The summed E-state index contributed by atoms with van der Waals surface area (Å²) in [5.74, 6) is -1.82. The maximum absolute atomic E-state index is 13.3. The molecule has 13 heteroatoms. The Hall–Kier alpha value is -4.55. The van der Waals surface area contributed by atoms with Crippen LogP contribution in [-0.2, 0) is 17.5 Å². The number of aromatic nitrogens is 4. The first-order chi connectivity index (χ1) is 17.6. The predicted octanol–water partition coefficient (Wildman–Crippen LogP) is 3.83. The second kappa shape index (κ2) is 9.15. The van der Waals surface area contributed by atoms with E-state index in [2.05, 4.69) is 35.9 Å². The molecule has 0 atom stereocenters. The molecule has 0 spiro atoms. The molecule has 0 aliphatic heterocycles. The lowest BCUT2D eigenvalue weighted by atomic mass is 10.1. The van der Waals surface area contributed by atoms with Gasteiger partial charge in [-0.3, -0.25) is 14.6 Å². The van der Waals surface area contributed by atoms with Gasteiger partial charge in [0.05, 0.1) is 47.3 Å². The van der Waals surface area contributed by atoms with Gasteiger partial charge in [0.15, 0.2) is 5.65 Å². The summed E-state index contributed by atoms with van der Waals surface area (Å²) in [6.45, 7) is 0.0435. The van der Waals surface area contributed by atoms with Gasteiger partial charge in [-0.25, -0.2) is 14.4 Å². The Morgan fingerprint density at radius 3 is 2.54 bits per heavy atom. The van der Waals surface area contributed by atoms with Gasteiger partial charge >= 0.3 is 6.18 Å². The molecular weight excluding hydrogens is 494 g/mol. The van der Waals surface area contributed by atoms with Crippen molar-refractivity contribution in [1.82, 2.24) is 30.6 Å². The minimum absolute atomic E-state index is 0.0435. The van der Waals surface area contributed by atoms with E-state index in [1.165, 1.54) is 30.9 Å². The van der Waals surface area contributed by atoms with Gasteiger partial charge in [0.1, 0.15) is 16.9 Å². The standard InChI is InChI=1S/C24H19F4N7O2/c25-14-1-4-18(17(8-14)24(26,27)28)34-16-3-2-15(29-11-16)10-31-22(37)23(5-6-23)35-21(36)13-7-19-20(30-9-13)33-12-32-19/h1-4,7-9,11-12,34H,5-6,10H2,(H,31,37)(H,35,36)(H,30,32,33). The van der Waals surface area contributed by atoms with Crippen molar-refractivity contribution < 1.29 is 27.2 Å². The summed E-state index contributed by atoms with van der Waals surface area (Å²) >= 11 is 0. The first-order valence-corrected chi connectivity index (χ1v) is 11.1. The first-order valence-electron chi connectivity index (χ1n) is 11.1. The van der Waals surface area contributed by atoms with Crippen molar-refractivity contribution in [3.63, 3.8) is 0 Å². The van der Waals surface area contributed by atoms with E-state index < -0.39 is 29.0 Å². The van der Waals surface area contributed by atoms with E-state index in [4.69, 9.17) is 0 Å². The molecule has 1 saturated carbocycles. The van der Waals surface area contributed by atoms with Crippen LogP contribution in [0.2, 0.25) is 0 Å². The molecule has 190 valence electrons. The van der Waals surface area contributed by atoms with Crippen LogP contribution in [0.5, 0.6) is 0 Å². The van der Waals surface area contributed by atoms with Gasteiger partial charge in [-0.05, 0) is 49.2 Å². The zero-order chi connectivity index (χ0) is 26.2. The van der Waals surface area contributed by atoms with Crippen molar-refractivity contribution in [1.29, 1.82) is 0 Å². The fourth-order valence-corrected chi connectivity index (χ4v) is 3.73. The number of anilines is 2. The second-order valence-electron chi connectivity index (χ2n) is 8.56. The zero-order valence-electron chi connectivity index (χ0n) is 19.0. The number of H-pyrrole nitrogens is 1. The van der Waals surface area contributed by atoms with E-state index in [1.807, 2.05) is 0 Å². The highest BCUT2D eigenvalue weighted by atomic mass is 19.4. The Morgan fingerprint density at radius 2 is 1.84 bits per heavy atom. The predicted molar refractivity (Wildman–Crippen MR) is 124 cm³/mol. The molecule has 0 unspecified atom stereocenters. The number of imidazole rings is 1. The number of amides is 2. The van der Waals surface area contributed by atoms with Crippen LogP contribution >= 0.6 is 0 Å². The topological polar surface area (TPSA) is 125 Å².